The number of epoxide rings is 1. The lowest BCUT2D eigenvalue weighted by atomic mass is 9.73. The van der Waals surface area contributed by atoms with Crippen molar-refractivity contribution in [3.05, 3.63) is 0 Å². The van der Waals surface area contributed by atoms with Gasteiger partial charge >= 0.3 is 0 Å². The van der Waals surface area contributed by atoms with Gasteiger partial charge in [-0.2, -0.15) is 0 Å². The number of fused-ring (bicyclic) bond motifs is 1. The summed E-state index contributed by atoms with van der Waals surface area (Å²) in [5.41, 5.74) is 0.109. The zero-order valence-electron chi connectivity index (χ0n) is 14.7. The third kappa shape index (κ3) is 4.22. The molecule has 0 N–H and O–H groups in total. The van der Waals surface area contributed by atoms with E-state index in [0.29, 0.717) is 6.10 Å². The molecule has 0 aromatic carbocycles. The molecular weight excluding hydrogens is 260 g/mol. The fourth-order valence-electron chi connectivity index (χ4n) is 3.70. The Morgan fingerprint density at radius 2 is 1.29 bits per heavy atom. The van der Waals surface area contributed by atoms with Crippen LogP contribution < -0.4 is 0 Å². The minimum absolute atomic E-state index is 0.0173. The second-order valence-electron chi connectivity index (χ2n) is 7.92. The predicted molar refractivity (Wildman–Crippen MR) is 88.6 cm³/mol. The summed E-state index contributed by atoms with van der Waals surface area (Å²) < 4.78 is 12.3. The molecule has 0 radical (unpaired) electrons. The first-order valence-electron chi connectivity index (χ1n) is 9.28. The molecule has 2 rings (SSSR count). The fraction of sp³-hybridized carbons (Fsp3) is 1.00. The van der Waals surface area contributed by atoms with Crippen LogP contribution in [0.25, 0.3) is 0 Å². The molecule has 2 fully saturated rings. The summed E-state index contributed by atoms with van der Waals surface area (Å²) in [7, 11) is 0. The lowest BCUT2D eigenvalue weighted by Gasteiger charge is -2.36. The van der Waals surface area contributed by atoms with E-state index < -0.39 is 0 Å². The molecule has 2 heteroatoms. The zero-order chi connectivity index (χ0) is 15.3. The number of ether oxygens (including phenoxy) is 2. The normalized spacial score (nSPS) is 39.4. The Balaban J connectivity index is 1.89. The molecule has 0 aromatic heterocycles. The Morgan fingerprint density at radius 1 is 0.762 bits per heavy atom. The molecule has 21 heavy (non-hydrogen) atoms. The first-order valence-corrected chi connectivity index (χ1v) is 9.28. The molecule has 0 amide bonds. The smallest absolute Gasteiger partial charge is 0.0995 e. The van der Waals surface area contributed by atoms with Crippen molar-refractivity contribution >= 4 is 0 Å². The molecule has 0 saturated carbocycles. The highest BCUT2D eigenvalue weighted by molar-refractivity contribution is 5.10. The highest BCUT2D eigenvalue weighted by Gasteiger charge is 2.62. The molecule has 2 heterocycles. The second-order valence-corrected chi connectivity index (χ2v) is 7.92. The standard InChI is InChI=1S/C19H36O2/c1-16-18(2,3)19(4)17(21-19)14-12-10-8-6-5-7-9-11-13-15-20-16/h16-17H,5-15H2,1-4H3. The third-order valence-electron chi connectivity index (χ3n) is 6.22. The summed E-state index contributed by atoms with van der Waals surface area (Å²) in [5.74, 6) is 0. The predicted octanol–water partition coefficient (Wildman–Crippen LogP) is 5.49. The lowest BCUT2D eigenvalue weighted by molar-refractivity contribution is -0.0489. The largest absolute Gasteiger partial charge is 0.378 e. The summed E-state index contributed by atoms with van der Waals surface area (Å²) in [4.78, 5) is 0. The summed E-state index contributed by atoms with van der Waals surface area (Å²) >= 11 is 0. The second kappa shape index (κ2) is 7.46. The van der Waals surface area contributed by atoms with Crippen molar-refractivity contribution in [3.8, 4) is 0 Å². The average molecular weight is 296 g/mol. The maximum absolute atomic E-state index is 6.14. The van der Waals surface area contributed by atoms with E-state index in [1.807, 2.05) is 0 Å². The molecule has 3 atom stereocenters. The molecule has 2 aliphatic heterocycles. The number of rotatable bonds is 0. The van der Waals surface area contributed by atoms with Crippen LogP contribution in [0.2, 0.25) is 0 Å². The average Bonchev–Trinajstić information content (AvgIpc) is 3.11. The summed E-state index contributed by atoms with van der Waals surface area (Å²) in [6.45, 7) is 10.1. The van der Waals surface area contributed by atoms with Crippen LogP contribution in [0.5, 0.6) is 0 Å². The SMILES string of the molecule is CC1OCCCCCCCCCCCC2OC2(C)C1(C)C. The van der Waals surface area contributed by atoms with Gasteiger partial charge in [0.1, 0.15) is 0 Å². The Bertz CT molecular complexity index is 313. The molecule has 2 saturated heterocycles. The van der Waals surface area contributed by atoms with Crippen molar-refractivity contribution in [2.24, 2.45) is 5.41 Å². The van der Waals surface area contributed by atoms with Crippen LogP contribution in [-0.4, -0.2) is 24.4 Å². The summed E-state index contributed by atoms with van der Waals surface area (Å²) in [5, 5.41) is 0. The Morgan fingerprint density at radius 3 is 1.90 bits per heavy atom. The van der Waals surface area contributed by atoms with E-state index in [0.717, 1.165) is 6.61 Å². The van der Waals surface area contributed by atoms with Crippen LogP contribution in [0.15, 0.2) is 0 Å². The molecule has 0 aromatic rings. The Labute approximate surface area is 132 Å². The van der Waals surface area contributed by atoms with Gasteiger partial charge in [-0.25, -0.2) is 0 Å². The molecule has 0 aliphatic carbocycles. The van der Waals surface area contributed by atoms with Gasteiger partial charge in [-0.3, -0.25) is 0 Å². The molecule has 3 unspecified atom stereocenters. The molecule has 124 valence electrons. The summed E-state index contributed by atoms with van der Waals surface area (Å²) in [6, 6.07) is 0. The van der Waals surface area contributed by atoms with Gasteiger partial charge in [0.2, 0.25) is 0 Å². The molecular formula is C19H36O2. The van der Waals surface area contributed by atoms with Crippen LogP contribution >= 0.6 is 0 Å². The molecule has 2 aliphatic rings. The molecule has 0 bridgehead atoms. The molecule has 0 spiro atoms. The minimum Gasteiger partial charge on any atom is -0.378 e. The number of hydrogen-bond donors (Lipinski definition) is 0. The Kier molecular flexibility index (Phi) is 6.14. The van der Waals surface area contributed by atoms with Crippen molar-refractivity contribution in [3.63, 3.8) is 0 Å². The minimum atomic E-state index is 0.0173. The van der Waals surface area contributed by atoms with Crippen molar-refractivity contribution in [1.29, 1.82) is 0 Å². The quantitative estimate of drug-likeness (QED) is 0.551. The number of hydrogen-bond acceptors (Lipinski definition) is 2. The first kappa shape index (κ1) is 17.3. The van der Waals surface area contributed by atoms with Gasteiger partial charge in [0, 0.05) is 12.0 Å². The van der Waals surface area contributed by atoms with Crippen LogP contribution in [0.3, 0.4) is 0 Å². The third-order valence-corrected chi connectivity index (χ3v) is 6.22. The van der Waals surface area contributed by atoms with Crippen molar-refractivity contribution in [2.75, 3.05) is 6.61 Å². The summed E-state index contributed by atoms with van der Waals surface area (Å²) in [6.07, 6.45) is 14.2. The highest BCUT2D eigenvalue weighted by Crippen LogP contribution is 2.54. The van der Waals surface area contributed by atoms with E-state index in [9.17, 15) is 0 Å². The van der Waals surface area contributed by atoms with Crippen molar-refractivity contribution in [1.82, 2.24) is 0 Å². The van der Waals surface area contributed by atoms with Gasteiger partial charge in [-0.1, -0.05) is 65.2 Å². The van der Waals surface area contributed by atoms with E-state index in [1.165, 1.54) is 64.2 Å². The van der Waals surface area contributed by atoms with E-state index in [-0.39, 0.29) is 17.1 Å². The van der Waals surface area contributed by atoms with Gasteiger partial charge in [0.15, 0.2) is 0 Å². The van der Waals surface area contributed by atoms with Gasteiger partial charge in [-0.05, 0) is 26.7 Å². The highest BCUT2D eigenvalue weighted by atomic mass is 16.6. The zero-order valence-corrected chi connectivity index (χ0v) is 14.7. The Hall–Kier alpha value is -0.0800. The topological polar surface area (TPSA) is 21.8 Å². The van der Waals surface area contributed by atoms with Gasteiger partial charge in [0.05, 0.1) is 17.8 Å². The van der Waals surface area contributed by atoms with E-state index in [4.69, 9.17) is 9.47 Å². The van der Waals surface area contributed by atoms with Crippen molar-refractivity contribution < 1.29 is 9.47 Å². The lowest BCUT2D eigenvalue weighted by Crippen LogP contribution is -2.43. The first-order chi connectivity index (χ1) is 9.98. The maximum atomic E-state index is 6.14. The van der Waals surface area contributed by atoms with E-state index >= 15 is 0 Å². The fourth-order valence-corrected chi connectivity index (χ4v) is 3.70. The van der Waals surface area contributed by atoms with Crippen molar-refractivity contribution in [2.45, 2.75) is 110 Å². The van der Waals surface area contributed by atoms with Gasteiger partial charge < -0.3 is 9.47 Å². The molecule has 2 nitrogen and oxygen atoms in total. The van der Waals surface area contributed by atoms with Gasteiger partial charge in [0.25, 0.3) is 0 Å². The van der Waals surface area contributed by atoms with Crippen LogP contribution in [0.4, 0.5) is 0 Å². The van der Waals surface area contributed by atoms with Crippen LogP contribution in [0.1, 0.15) is 91.9 Å². The van der Waals surface area contributed by atoms with Crippen LogP contribution in [0, 0.1) is 5.41 Å². The van der Waals surface area contributed by atoms with E-state index in [1.54, 1.807) is 0 Å². The maximum Gasteiger partial charge on any atom is 0.0995 e. The van der Waals surface area contributed by atoms with Crippen LogP contribution in [-0.2, 0) is 9.47 Å². The van der Waals surface area contributed by atoms with E-state index in [2.05, 4.69) is 27.7 Å². The van der Waals surface area contributed by atoms with Gasteiger partial charge in [-0.15, -0.1) is 0 Å². The monoisotopic (exact) mass is 296 g/mol.